The largest absolute Gasteiger partial charge is 0.456 e. The Morgan fingerprint density at radius 3 is 2.18 bits per heavy atom. The summed E-state index contributed by atoms with van der Waals surface area (Å²) in [6.45, 7) is 11.1. The number of hydrogen-bond donors (Lipinski definition) is 2. The van der Waals surface area contributed by atoms with Gasteiger partial charge in [0.1, 0.15) is 24.0 Å². The first kappa shape index (κ1) is 47.9. The molecule has 0 aromatic heterocycles. The number of hydrogen-bond acceptors (Lipinski definition) is 11. The zero-order valence-electron chi connectivity index (χ0n) is 35.0. The molecule has 2 fully saturated rings. The Balaban J connectivity index is 2.05. The van der Waals surface area contributed by atoms with Crippen molar-refractivity contribution in [2.24, 2.45) is 29.6 Å². The molecule has 2 aliphatic heterocycles. The van der Waals surface area contributed by atoms with E-state index >= 15 is 0 Å². The number of piperidine rings is 1. The predicted molar refractivity (Wildman–Crippen MR) is 213 cm³/mol. The molecule has 1 saturated carbocycles. The molecule has 1 amide bonds. The Hall–Kier alpha value is -2.48. The van der Waals surface area contributed by atoms with Gasteiger partial charge in [-0.1, -0.05) is 45.4 Å². The number of halogens is 1. The van der Waals surface area contributed by atoms with Crippen LogP contribution in [0, 0.1) is 29.6 Å². The molecule has 1 aliphatic carbocycles. The summed E-state index contributed by atoms with van der Waals surface area (Å²) in [7, 11) is 4.52. The van der Waals surface area contributed by atoms with E-state index in [1.807, 2.05) is 39.8 Å². The maximum absolute atomic E-state index is 14.1. The summed E-state index contributed by atoms with van der Waals surface area (Å²) in [6, 6.07) is -1.13. The Kier molecular flexibility index (Phi) is 19.3. The van der Waals surface area contributed by atoms with Crippen molar-refractivity contribution >= 4 is 40.8 Å². The van der Waals surface area contributed by atoms with E-state index < -0.39 is 77.8 Å². The van der Waals surface area contributed by atoms with Gasteiger partial charge in [0.15, 0.2) is 0 Å². The monoisotopic (exact) mass is 809 g/mol. The zero-order valence-corrected chi connectivity index (χ0v) is 35.8. The summed E-state index contributed by atoms with van der Waals surface area (Å²) in [4.78, 5) is 69.8. The van der Waals surface area contributed by atoms with Crippen molar-refractivity contribution in [3.8, 4) is 0 Å². The molecule has 0 aromatic rings. The van der Waals surface area contributed by atoms with Gasteiger partial charge in [-0.3, -0.25) is 19.2 Å². The van der Waals surface area contributed by atoms with E-state index in [1.54, 1.807) is 14.0 Å². The highest BCUT2D eigenvalue weighted by molar-refractivity contribution is 6.63. The average Bonchev–Trinajstić information content (AvgIpc) is 3.18. The second kappa shape index (κ2) is 22.6. The Morgan fingerprint density at radius 2 is 1.55 bits per heavy atom. The van der Waals surface area contributed by atoms with Crippen molar-refractivity contribution in [1.29, 1.82) is 0 Å². The normalized spacial score (nSPS) is 37.5. The quantitative estimate of drug-likeness (QED) is 0.149. The van der Waals surface area contributed by atoms with Crippen LogP contribution in [0.5, 0.6) is 0 Å². The molecule has 1 saturated heterocycles. The molecule has 0 spiro atoms. The molecule has 0 radical (unpaired) electrons. The van der Waals surface area contributed by atoms with Gasteiger partial charge in [0.25, 0.3) is 11.7 Å². The van der Waals surface area contributed by atoms with Crippen molar-refractivity contribution in [2.45, 2.75) is 160 Å². The first-order chi connectivity index (χ1) is 26.5. The third-order valence-corrected chi connectivity index (χ3v) is 12.7. The molecule has 2 heterocycles. The second-order valence-corrected chi connectivity index (χ2v) is 17.2. The molecule has 0 bridgehead atoms. The van der Waals surface area contributed by atoms with Gasteiger partial charge in [-0.2, -0.15) is 0 Å². The molecular weight excluding hydrogens is 742 g/mol. The molecule has 3 rings (SSSR count). The Morgan fingerprint density at radius 1 is 0.911 bits per heavy atom. The lowest BCUT2D eigenvalue weighted by molar-refractivity contribution is -0.165. The molecule has 2 N–H and O–H groups in total. The number of cyclic esters (lactones) is 1. The highest BCUT2D eigenvalue weighted by Gasteiger charge is 2.42. The van der Waals surface area contributed by atoms with Crippen LogP contribution in [-0.4, -0.2) is 120 Å². The van der Waals surface area contributed by atoms with E-state index in [0.717, 1.165) is 23.3 Å². The predicted octanol–water partition coefficient (Wildman–Crippen LogP) is 5.56. The van der Waals surface area contributed by atoms with Gasteiger partial charge in [-0.15, -0.1) is 11.6 Å². The number of carbonyl (C=O) groups excluding carboxylic acids is 5. The van der Waals surface area contributed by atoms with Crippen LogP contribution in [-0.2, 0) is 42.9 Å². The number of nitrogens with zero attached hydrogens (tertiary/aromatic N) is 1. The van der Waals surface area contributed by atoms with Gasteiger partial charge in [-0.25, -0.2) is 4.79 Å². The van der Waals surface area contributed by atoms with Gasteiger partial charge < -0.3 is 34.1 Å². The fraction of sp³-hybridized carbons (Fsp3) is 0.791. The topological polar surface area (TPSA) is 166 Å². The maximum Gasteiger partial charge on any atom is 0.329 e. The number of aliphatic hydroxyl groups is 2. The lowest BCUT2D eigenvalue weighted by Gasteiger charge is -2.36. The van der Waals surface area contributed by atoms with Gasteiger partial charge in [0, 0.05) is 52.0 Å². The average molecular weight is 810 g/mol. The van der Waals surface area contributed by atoms with Gasteiger partial charge in [0.2, 0.25) is 5.78 Å². The number of carbonyl (C=O) groups is 5. The number of rotatable bonds is 6. The number of ether oxygens (including phenoxy) is 4. The summed E-state index contributed by atoms with van der Waals surface area (Å²) in [5, 5.41) is 22.9. The molecule has 0 aromatic carbocycles. The summed E-state index contributed by atoms with van der Waals surface area (Å²) >= 11 is 6.51. The minimum atomic E-state index is -1.25. The van der Waals surface area contributed by atoms with Crippen molar-refractivity contribution in [3.05, 3.63) is 23.3 Å². The van der Waals surface area contributed by atoms with Crippen molar-refractivity contribution in [1.82, 2.24) is 4.90 Å². The smallest absolute Gasteiger partial charge is 0.329 e. The summed E-state index contributed by atoms with van der Waals surface area (Å²) in [5.41, 5.74) is 1.67. The molecule has 0 unspecified atom stereocenters. The third kappa shape index (κ3) is 12.8. The first-order valence-electron chi connectivity index (χ1n) is 20.5. The molecule has 56 heavy (non-hydrogen) atoms. The SMILES string of the molecule is CC[C@@H]1C=C(C)C[C@H](C)C[C@H](OC)[C@@H](O)[C@@H](OC)C[C@@H](C)C(=O)C(=O)C(=O)N2CCCC[C@H]2C(=O)O[C@H](/C(C)=C/[C@@H]2CC[C@H](Cl)[C@H](OC)C2)[C@H](C)[C@@H](O)CC1=O. The number of fused-ring (bicyclic) bond motifs is 1. The van der Waals surface area contributed by atoms with Crippen LogP contribution >= 0.6 is 11.6 Å². The third-order valence-electron chi connectivity index (χ3n) is 12.2. The highest BCUT2D eigenvalue weighted by atomic mass is 35.5. The van der Waals surface area contributed by atoms with Crippen molar-refractivity contribution < 1.29 is 53.1 Å². The van der Waals surface area contributed by atoms with E-state index in [9.17, 15) is 34.2 Å². The molecule has 13 heteroatoms. The molecular formula is C43H68ClNO11. The van der Waals surface area contributed by atoms with E-state index in [4.69, 9.17) is 30.5 Å². The van der Waals surface area contributed by atoms with Gasteiger partial charge >= 0.3 is 5.97 Å². The minimum Gasteiger partial charge on any atom is -0.456 e. The fourth-order valence-electron chi connectivity index (χ4n) is 8.75. The molecule has 318 valence electrons. The van der Waals surface area contributed by atoms with Crippen molar-refractivity contribution in [3.63, 3.8) is 0 Å². The van der Waals surface area contributed by atoms with Crippen molar-refractivity contribution in [2.75, 3.05) is 27.9 Å². The zero-order chi connectivity index (χ0) is 41.9. The number of amides is 1. The number of Topliss-reactive ketones (excluding diaryl/α,β-unsaturated/α-hetero) is 3. The lowest BCUT2D eigenvalue weighted by Crippen LogP contribution is -2.53. The fourth-order valence-corrected chi connectivity index (χ4v) is 9.08. The first-order valence-corrected chi connectivity index (χ1v) is 21.0. The molecule has 13 atom stereocenters. The number of alkyl halides is 1. The molecule has 3 aliphatic rings. The van der Waals surface area contributed by atoms with Crippen LogP contribution in [0.1, 0.15) is 112 Å². The highest BCUT2D eigenvalue weighted by Crippen LogP contribution is 2.34. The number of allylic oxidation sites excluding steroid dienone is 3. The maximum atomic E-state index is 14.1. The number of ketones is 3. The van der Waals surface area contributed by atoms with Crippen LogP contribution < -0.4 is 0 Å². The van der Waals surface area contributed by atoms with Crippen LogP contribution in [0.25, 0.3) is 0 Å². The standard InChI is InChI=1S/C43H68ClNO11/c1-10-30-18-24(2)17-25(3)19-36(54-8)39(49)37(55-9)21-26(4)38(48)40(50)42(51)45-16-12-11-13-32(45)43(52)56-41(28(6)33(46)23-34(30)47)27(5)20-29-14-15-31(44)35(22-29)53-7/h18,20,25-26,28-33,35-37,39,41,46,49H,10-17,19,21-23H2,1-9H3/b24-18?,27-20+/t25-,26+,28+,29-,30+,31-,32-,33-,35+,36-,37-,39+,41+/m0/s1. The summed E-state index contributed by atoms with van der Waals surface area (Å²) in [6.07, 6.45) is 3.94. The lowest BCUT2D eigenvalue weighted by atomic mass is 9.82. The van der Waals surface area contributed by atoms with E-state index in [2.05, 4.69) is 0 Å². The number of esters is 1. The van der Waals surface area contributed by atoms with Crippen LogP contribution in [0.15, 0.2) is 23.3 Å². The number of methoxy groups -OCH3 is 3. The van der Waals surface area contributed by atoms with E-state index in [1.165, 1.54) is 21.1 Å². The van der Waals surface area contributed by atoms with Gasteiger partial charge in [-0.05, 0) is 95.5 Å². The second-order valence-electron chi connectivity index (χ2n) is 16.7. The van der Waals surface area contributed by atoms with E-state index in [0.29, 0.717) is 44.1 Å². The van der Waals surface area contributed by atoms with Crippen LogP contribution in [0.4, 0.5) is 0 Å². The Labute approximate surface area is 339 Å². The summed E-state index contributed by atoms with van der Waals surface area (Å²) in [5.74, 6) is -6.19. The Bertz CT molecular complexity index is 1420. The van der Waals surface area contributed by atoms with Gasteiger partial charge in [0.05, 0.1) is 29.8 Å². The van der Waals surface area contributed by atoms with E-state index in [-0.39, 0.29) is 54.9 Å². The van der Waals surface area contributed by atoms with Crippen LogP contribution in [0.2, 0.25) is 0 Å². The molecule has 12 nitrogen and oxygen atoms in total. The summed E-state index contributed by atoms with van der Waals surface area (Å²) < 4.78 is 23.1. The minimum absolute atomic E-state index is 0.0304. The number of aliphatic hydroxyl groups excluding tert-OH is 2. The van der Waals surface area contributed by atoms with Crippen LogP contribution in [0.3, 0.4) is 0 Å².